The maximum atomic E-state index is 12.2. The molecule has 1 saturated heterocycles. The SMILES string of the molecule is CNC(C(=O)NCC1CCSCC1)c1cnn(C)c1.Cl. The lowest BCUT2D eigenvalue weighted by Crippen LogP contribution is -2.38. The average Bonchev–Trinajstić information content (AvgIpc) is 2.85. The zero-order chi connectivity index (χ0) is 13.7. The smallest absolute Gasteiger partial charge is 0.241 e. The van der Waals surface area contributed by atoms with E-state index in [1.54, 1.807) is 17.9 Å². The van der Waals surface area contributed by atoms with Gasteiger partial charge in [-0.1, -0.05) is 0 Å². The summed E-state index contributed by atoms with van der Waals surface area (Å²) in [5.74, 6) is 3.11. The van der Waals surface area contributed by atoms with E-state index in [0.717, 1.165) is 12.1 Å². The number of amides is 1. The van der Waals surface area contributed by atoms with Crippen LogP contribution in [0.15, 0.2) is 12.4 Å². The number of thioether (sulfide) groups is 1. The Labute approximate surface area is 130 Å². The predicted octanol–water partition coefficient (Wildman–Crippen LogP) is 1.36. The first-order valence-electron chi connectivity index (χ1n) is 6.72. The van der Waals surface area contributed by atoms with E-state index in [9.17, 15) is 4.79 Å². The highest BCUT2D eigenvalue weighted by atomic mass is 35.5. The Kier molecular flexibility index (Phi) is 7.40. The quantitative estimate of drug-likeness (QED) is 0.860. The van der Waals surface area contributed by atoms with Crippen LogP contribution in [0.5, 0.6) is 0 Å². The molecule has 114 valence electrons. The molecule has 1 aliphatic heterocycles. The number of hydrogen-bond donors (Lipinski definition) is 2. The molecule has 2 N–H and O–H groups in total. The zero-order valence-corrected chi connectivity index (χ0v) is 13.6. The predicted molar refractivity (Wildman–Crippen MR) is 85.3 cm³/mol. The van der Waals surface area contributed by atoms with Gasteiger partial charge in [-0.15, -0.1) is 12.4 Å². The molecule has 1 aliphatic rings. The molecule has 0 bridgehead atoms. The van der Waals surface area contributed by atoms with E-state index in [1.165, 1.54) is 24.3 Å². The summed E-state index contributed by atoms with van der Waals surface area (Å²) in [6.07, 6.45) is 6.03. The number of nitrogens with one attached hydrogen (secondary N) is 2. The zero-order valence-electron chi connectivity index (χ0n) is 12.0. The van der Waals surface area contributed by atoms with Gasteiger partial charge in [0.1, 0.15) is 6.04 Å². The highest BCUT2D eigenvalue weighted by Gasteiger charge is 2.21. The molecular formula is C13H23ClN4OS. The fraction of sp³-hybridized carbons (Fsp3) is 0.692. The molecule has 2 heterocycles. The number of carbonyl (C=O) groups excluding carboxylic acids is 1. The van der Waals surface area contributed by atoms with Gasteiger partial charge in [0.15, 0.2) is 0 Å². The van der Waals surface area contributed by atoms with E-state index in [1.807, 2.05) is 25.0 Å². The van der Waals surface area contributed by atoms with Crippen LogP contribution in [0.25, 0.3) is 0 Å². The summed E-state index contributed by atoms with van der Waals surface area (Å²) >= 11 is 2.01. The minimum Gasteiger partial charge on any atom is -0.354 e. The fourth-order valence-corrected chi connectivity index (χ4v) is 3.54. The summed E-state index contributed by atoms with van der Waals surface area (Å²) in [6.45, 7) is 0.790. The summed E-state index contributed by atoms with van der Waals surface area (Å²) in [5, 5.41) is 10.2. The van der Waals surface area contributed by atoms with Crippen molar-refractivity contribution >= 4 is 30.1 Å². The average molecular weight is 319 g/mol. The molecule has 7 heteroatoms. The Morgan fingerprint density at radius 3 is 2.80 bits per heavy atom. The van der Waals surface area contributed by atoms with Gasteiger partial charge in [0, 0.05) is 25.4 Å². The van der Waals surface area contributed by atoms with Crippen LogP contribution in [0.2, 0.25) is 0 Å². The van der Waals surface area contributed by atoms with Crippen LogP contribution in [0.1, 0.15) is 24.4 Å². The highest BCUT2D eigenvalue weighted by molar-refractivity contribution is 7.99. The second kappa shape index (κ2) is 8.54. The Hall–Kier alpha value is -0.720. The maximum Gasteiger partial charge on any atom is 0.241 e. The topological polar surface area (TPSA) is 59.0 Å². The van der Waals surface area contributed by atoms with Crippen LogP contribution in [0, 0.1) is 5.92 Å². The first-order valence-corrected chi connectivity index (χ1v) is 7.87. The van der Waals surface area contributed by atoms with Crippen molar-refractivity contribution in [3.63, 3.8) is 0 Å². The number of halogens is 1. The molecule has 2 rings (SSSR count). The van der Waals surface area contributed by atoms with Crippen molar-refractivity contribution in [1.82, 2.24) is 20.4 Å². The molecule has 1 amide bonds. The van der Waals surface area contributed by atoms with Gasteiger partial charge in [0.2, 0.25) is 5.91 Å². The van der Waals surface area contributed by atoms with Crippen molar-refractivity contribution < 1.29 is 4.79 Å². The minimum absolute atomic E-state index is 0. The van der Waals surface area contributed by atoms with E-state index in [-0.39, 0.29) is 24.4 Å². The number of nitrogens with zero attached hydrogens (tertiary/aromatic N) is 2. The number of carbonyl (C=O) groups is 1. The number of likely N-dealkylation sites (N-methyl/N-ethyl adjacent to an activating group) is 1. The summed E-state index contributed by atoms with van der Waals surface area (Å²) in [7, 11) is 3.66. The molecule has 0 spiro atoms. The minimum atomic E-state index is -0.313. The summed E-state index contributed by atoms with van der Waals surface area (Å²) in [6, 6.07) is -0.313. The standard InChI is InChI=1S/C13H22N4OS.ClH/c1-14-12(11-8-16-17(2)9-11)13(18)15-7-10-3-5-19-6-4-10;/h8-10,12,14H,3-7H2,1-2H3,(H,15,18);1H. The molecule has 0 saturated carbocycles. The summed E-state index contributed by atoms with van der Waals surface area (Å²) in [4.78, 5) is 12.2. The number of rotatable bonds is 5. The Bertz CT molecular complexity index is 420. The van der Waals surface area contributed by atoms with Crippen molar-refractivity contribution in [1.29, 1.82) is 0 Å². The molecule has 1 unspecified atom stereocenters. The van der Waals surface area contributed by atoms with Crippen LogP contribution in [0.3, 0.4) is 0 Å². The molecule has 20 heavy (non-hydrogen) atoms. The lowest BCUT2D eigenvalue weighted by Gasteiger charge is -2.23. The molecule has 0 radical (unpaired) electrons. The van der Waals surface area contributed by atoms with E-state index >= 15 is 0 Å². The van der Waals surface area contributed by atoms with Crippen molar-refractivity contribution in [2.24, 2.45) is 13.0 Å². The lowest BCUT2D eigenvalue weighted by atomic mass is 10.0. The first kappa shape index (κ1) is 17.3. The van der Waals surface area contributed by atoms with Gasteiger partial charge in [0.25, 0.3) is 0 Å². The van der Waals surface area contributed by atoms with E-state index in [0.29, 0.717) is 5.92 Å². The Balaban J connectivity index is 0.00000200. The van der Waals surface area contributed by atoms with Crippen molar-refractivity contribution in [3.8, 4) is 0 Å². The molecule has 1 atom stereocenters. The molecular weight excluding hydrogens is 296 g/mol. The molecule has 0 aromatic carbocycles. The van der Waals surface area contributed by atoms with Gasteiger partial charge in [0.05, 0.1) is 6.20 Å². The van der Waals surface area contributed by atoms with Gasteiger partial charge < -0.3 is 10.6 Å². The largest absolute Gasteiger partial charge is 0.354 e. The number of hydrogen-bond acceptors (Lipinski definition) is 4. The van der Waals surface area contributed by atoms with Crippen LogP contribution >= 0.6 is 24.2 Å². The lowest BCUT2D eigenvalue weighted by molar-refractivity contribution is -0.123. The molecule has 5 nitrogen and oxygen atoms in total. The third-order valence-corrected chi connectivity index (χ3v) is 4.56. The second-order valence-corrected chi connectivity index (χ2v) is 6.19. The normalized spacial score (nSPS) is 17.3. The van der Waals surface area contributed by atoms with E-state index in [4.69, 9.17) is 0 Å². The van der Waals surface area contributed by atoms with Crippen LogP contribution < -0.4 is 10.6 Å². The van der Waals surface area contributed by atoms with Gasteiger partial charge in [-0.05, 0) is 37.3 Å². The maximum absolute atomic E-state index is 12.2. The monoisotopic (exact) mass is 318 g/mol. The molecule has 1 aromatic heterocycles. The molecule has 1 fully saturated rings. The van der Waals surface area contributed by atoms with Crippen molar-refractivity contribution in [2.75, 3.05) is 25.1 Å². The number of aromatic nitrogens is 2. The van der Waals surface area contributed by atoms with Crippen LogP contribution in [-0.2, 0) is 11.8 Å². The van der Waals surface area contributed by atoms with Gasteiger partial charge in [-0.25, -0.2) is 0 Å². The third-order valence-electron chi connectivity index (χ3n) is 3.51. The van der Waals surface area contributed by atoms with Crippen molar-refractivity contribution in [3.05, 3.63) is 18.0 Å². The Morgan fingerprint density at radius 1 is 1.55 bits per heavy atom. The van der Waals surface area contributed by atoms with Crippen molar-refractivity contribution in [2.45, 2.75) is 18.9 Å². The van der Waals surface area contributed by atoms with Crippen LogP contribution in [-0.4, -0.2) is 40.8 Å². The third kappa shape index (κ3) is 4.68. The van der Waals surface area contributed by atoms with Gasteiger partial charge >= 0.3 is 0 Å². The second-order valence-electron chi connectivity index (χ2n) is 4.97. The Morgan fingerprint density at radius 2 is 2.25 bits per heavy atom. The summed E-state index contributed by atoms with van der Waals surface area (Å²) in [5.41, 5.74) is 0.904. The first-order chi connectivity index (χ1) is 9.20. The molecule has 1 aromatic rings. The van der Waals surface area contributed by atoms with Crippen LogP contribution in [0.4, 0.5) is 0 Å². The molecule has 0 aliphatic carbocycles. The van der Waals surface area contributed by atoms with Gasteiger partial charge in [-0.3, -0.25) is 9.48 Å². The van der Waals surface area contributed by atoms with Gasteiger partial charge in [-0.2, -0.15) is 16.9 Å². The van der Waals surface area contributed by atoms with E-state index in [2.05, 4.69) is 15.7 Å². The fourth-order valence-electron chi connectivity index (χ4n) is 2.34. The summed E-state index contributed by atoms with van der Waals surface area (Å²) < 4.78 is 1.71. The van der Waals surface area contributed by atoms with E-state index < -0.39 is 0 Å². The number of aryl methyl sites for hydroxylation is 1. The highest BCUT2D eigenvalue weighted by Crippen LogP contribution is 2.22.